The topological polar surface area (TPSA) is 62.9 Å². The lowest BCUT2D eigenvalue weighted by Crippen LogP contribution is -2.44. The molecule has 5 heteroatoms. The van der Waals surface area contributed by atoms with Crippen molar-refractivity contribution in [2.24, 2.45) is 11.8 Å². The average molecular weight is 307 g/mol. The number of nitrogens with zero attached hydrogens (tertiary/aromatic N) is 1. The molecule has 0 aromatic carbocycles. The third kappa shape index (κ3) is 2.68. The van der Waals surface area contributed by atoms with Gasteiger partial charge in [0, 0.05) is 26.1 Å². The Morgan fingerprint density at radius 3 is 3.05 bits per heavy atom. The summed E-state index contributed by atoms with van der Waals surface area (Å²) in [4.78, 5) is 14.5. The monoisotopic (exact) mass is 307 g/mol. The van der Waals surface area contributed by atoms with Gasteiger partial charge in [0.25, 0.3) is 5.91 Å². The first-order chi connectivity index (χ1) is 10.6. The lowest BCUT2D eigenvalue weighted by Gasteiger charge is -2.40. The lowest BCUT2D eigenvalue weighted by molar-refractivity contribution is -0.0609. The molecule has 0 radical (unpaired) electrons. The summed E-state index contributed by atoms with van der Waals surface area (Å²) in [7, 11) is 1.60. The molecule has 1 aromatic heterocycles. The summed E-state index contributed by atoms with van der Waals surface area (Å²) in [6, 6.07) is 3.49. The van der Waals surface area contributed by atoms with Gasteiger partial charge >= 0.3 is 0 Å². The first-order valence-electron chi connectivity index (χ1n) is 8.16. The number of fused-ring (bicyclic) bond motifs is 1. The standard InChI is InChI=1S/C17H25NO4/c1-3-17(20)8-4-5-12-9-18(10-14(12)17)16(19)15-7-6-13(22-15)11-21-2/h6-7,12,14,20H,3-5,8-11H2,1-2H3/t12-,14+,17-/m0/s1. The van der Waals surface area contributed by atoms with Crippen molar-refractivity contribution in [3.8, 4) is 0 Å². The Balaban J connectivity index is 1.72. The summed E-state index contributed by atoms with van der Waals surface area (Å²) >= 11 is 0. The molecule has 1 aliphatic carbocycles. The van der Waals surface area contributed by atoms with E-state index in [2.05, 4.69) is 0 Å². The minimum Gasteiger partial charge on any atom is -0.453 e. The van der Waals surface area contributed by atoms with Crippen LogP contribution in [0.5, 0.6) is 0 Å². The molecule has 0 bridgehead atoms. The van der Waals surface area contributed by atoms with E-state index in [1.807, 2.05) is 11.8 Å². The van der Waals surface area contributed by atoms with Gasteiger partial charge < -0.3 is 19.2 Å². The number of amides is 1. The van der Waals surface area contributed by atoms with E-state index >= 15 is 0 Å². The quantitative estimate of drug-likeness (QED) is 0.928. The van der Waals surface area contributed by atoms with Crippen LogP contribution >= 0.6 is 0 Å². The number of furan rings is 1. The van der Waals surface area contributed by atoms with Gasteiger partial charge in [-0.2, -0.15) is 0 Å². The van der Waals surface area contributed by atoms with Crippen molar-refractivity contribution in [1.29, 1.82) is 0 Å². The van der Waals surface area contributed by atoms with Crippen LogP contribution in [0.1, 0.15) is 48.9 Å². The second-order valence-corrected chi connectivity index (χ2v) is 6.63. The number of carbonyl (C=O) groups excluding carboxylic acids is 1. The lowest BCUT2D eigenvalue weighted by atomic mass is 9.69. The molecule has 2 heterocycles. The summed E-state index contributed by atoms with van der Waals surface area (Å²) in [5.74, 6) is 1.56. The molecule has 1 amide bonds. The molecule has 2 aliphatic rings. The molecule has 1 saturated carbocycles. The van der Waals surface area contributed by atoms with Crippen LogP contribution in [0.4, 0.5) is 0 Å². The van der Waals surface area contributed by atoms with E-state index in [0.717, 1.165) is 32.2 Å². The van der Waals surface area contributed by atoms with Crippen LogP contribution in [0, 0.1) is 11.8 Å². The van der Waals surface area contributed by atoms with E-state index in [0.29, 0.717) is 30.6 Å². The highest BCUT2D eigenvalue weighted by Gasteiger charge is 2.49. The molecular formula is C17H25NO4. The van der Waals surface area contributed by atoms with Crippen LogP contribution in [0.15, 0.2) is 16.5 Å². The van der Waals surface area contributed by atoms with Crippen LogP contribution in [0.2, 0.25) is 0 Å². The van der Waals surface area contributed by atoms with Gasteiger partial charge in [-0.25, -0.2) is 0 Å². The summed E-state index contributed by atoms with van der Waals surface area (Å²) in [5, 5.41) is 10.8. The van der Waals surface area contributed by atoms with Crippen molar-refractivity contribution < 1.29 is 19.1 Å². The largest absolute Gasteiger partial charge is 0.453 e. The zero-order chi connectivity index (χ0) is 15.7. The summed E-state index contributed by atoms with van der Waals surface area (Å²) in [5.41, 5.74) is -0.609. The van der Waals surface area contributed by atoms with Crippen molar-refractivity contribution in [1.82, 2.24) is 4.90 Å². The normalized spacial score (nSPS) is 31.3. The first kappa shape index (κ1) is 15.6. The number of rotatable bonds is 4. The Hall–Kier alpha value is -1.33. The summed E-state index contributed by atoms with van der Waals surface area (Å²) < 4.78 is 10.6. The molecule has 0 unspecified atom stereocenters. The molecule has 22 heavy (non-hydrogen) atoms. The Bertz CT molecular complexity index is 541. The second kappa shape index (κ2) is 6.05. The molecule has 0 spiro atoms. The molecule has 3 atom stereocenters. The second-order valence-electron chi connectivity index (χ2n) is 6.63. The van der Waals surface area contributed by atoms with Gasteiger partial charge in [0.1, 0.15) is 12.4 Å². The number of aliphatic hydroxyl groups is 1. The average Bonchev–Trinajstić information content (AvgIpc) is 3.14. The molecule has 5 nitrogen and oxygen atoms in total. The Labute approximate surface area is 131 Å². The number of methoxy groups -OCH3 is 1. The van der Waals surface area contributed by atoms with Crippen molar-refractivity contribution >= 4 is 5.91 Å². The molecule has 3 rings (SSSR count). The van der Waals surface area contributed by atoms with Gasteiger partial charge in [0.15, 0.2) is 5.76 Å². The zero-order valence-corrected chi connectivity index (χ0v) is 13.4. The van der Waals surface area contributed by atoms with Gasteiger partial charge in [-0.15, -0.1) is 0 Å². The van der Waals surface area contributed by atoms with Crippen molar-refractivity contribution in [2.75, 3.05) is 20.2 Å². The van der Waals surface area contributed by atoms with Gasteiger partial charge in [-0.05, 0) is 37.3 Å². The van der Waals surface area contributed by atoms with E-state index in [-0.39, 0.29) is 11.8 Å². The smallest absolute Gasteiger partial charge is 0.289 e. The fourth-order valence-corrected chi connectivity index (χ4v) is 4.10. The van der Waals surface area contributed by atoms with E-state index in [9.17, 15) is 9.90 Å². The fraction of sp³-hybridized carbons (Fsp3) is 0.706. The first-order valence-corrected chi connectivity index (χ1v) is 8.16. The Kier molecular flexibility index (Phi) is 4.28. The van der Waals surface area contributed by atoms with Crippen LogP contribution < -0.4 is 0 Å². The number of likely N-dealkylation sites (tertiary alicyclic amines) is 1. The van der Waals surface area contributed by atoms with E-state index in [4.69, 9.17) is 9.15 Å². The number of hydrogen-bond acceptors (Lipinski definition) is 4. The predicted molar refractivity (Wildman–Crippen MR) is 81.4 cm³/mol. The van der Waals surface area contributed by atoms with Gasteiger partial charge in [0.2, 0.25) is 0 Å². The van der Waals surface area contributed by atoms with Crippen molar-refractivity contribution in [3.05, 3.63) is 23.7 Å². The third-order valence-corrected chi connectivity index (χ3v) is 5.37. The highest BCUT2D eigenvalue weighted by Crippen LogP contribution is 2.44. The van der Waals surface area contributed by atoms with Gasteiger partial charge in [-0.3, -0.25) is 4.79 Å². The van der Waals surface area contributed by atoms with E-state index in [1.165, 1.54) is 0 Å². The highest BCUT2D eigenvalue weighted by atomic mass is 16.5. The Morgan fingerprint density at radius 1 is 1.50 bits per heavy atom. The van der Waals surface area contributed by atoms with Crippen LogP contribution in [0.3, 0.4) is 0 Å². The SMILES string of the molecule is CC[C@]1(O)CCC[C@H]2CN(C(=O)c3ccc(COC)o3)C[C@H]21. The fourth-order valence-electron chi connectivity index (χ4n) is 4.10. The minimum atomic E-state index is -0.609. The van der Waals surface area contributed by atoms with E-state index in [1.54, 1.807) is 19.2 Å². The Morgan fingerprint density at radius 2 is 2.32 bits per heavy atom. The molecule has 122 valence electrons. The molecule has 2 fully saturated rings. The molecule has 1 aliphatic heterocycles. The molecule has 1 aromatic rings. The van der Waals surface area contributed by atoms with Gasteiger partial charge in [-0.1, -0.05) is 13.3 Å². The maximum atomic E-state index is 12.6. The minimum absolute atomic E-state index is 0.0739. The van der Waals surface area contributed by atoms with Crippen molar-refractivity contribution in [2.45, 2.75) is 44.8 Å². The van der Waals surface area contributed by atoms with Crippen LogP contribution in [0.25, 0.3) is 0 Å². The van der Waals surface area contributed by atoms with E-state index < -0.39 is 5.60 Å². The number of hydrogen-bond donors (Lipinski definition) is 1. The molecule has 1 saturated heterocycles. The maximum absolute atomic E-state index is 12.6. The third-order valence-electron chi connectivity index (χ3n) is 5.37. The van der Waals surface area contributed by atoms with Crippen molar-refractivity contribution in [3.63, 3.8) is 0 Å². The number of ether oxygens (including phenoxy) is 1. The predicted octanol–water partition coefficient (Wildman–Crippen LogP) is 2.44. The maximum Gasteiger partial charge on any atom is 0.289 e. The van der Waals surface area contributed by atoms with Crippen LogP contribution in [-0.2, 0) is 11.3 Å². The summed E-state index contributed by atoms with van der Waals surface area (Å²) in [6.45, 7) is 3.77. The van der Waals surface area contributed by atoms with Gasteiger partial charge in [0.05, 0.1) is 5.60 Å². The molecular weight excluding hydrogens is 282 g/mol. The zero-order valence-electron chi connectivity index (χ0n) is 13.4. The number of carbonyl (C=O) groups is 1. The van der Waals surface area contributed by atoms with Crippen LogP contribution in [-0.4, -0.2) is 41.7 Å². The highest BCUT2D eigenvalue weighted by molar-refractivity contribution is 5.91. The molecule has 1 N–H and O–H groups in total. The summed E-state index contributed by atoms with van der Waals surface area (Å²) in [6.07, 6.45) is 3.76.